The summed E-state index contributed by atoms with van der Waals surface area (Å²) in [6, 6.07) is 2.39. The Kier molecular flexibility index (Phi) is 9.31. The van der Waals surface area contributed by atoms with E-state index >= 15 is 0 Å². The van der Waals surface area contributed by atoms with Crippen molar-refractivity contribution in [2.24, 2.45) is 0 Å². The molecule has 2 aromatic rings. The standard InChI is InChI=1S/2C7H5N3O6.Cu/c2*8-6-4(7(11)12)1-3(9(13)14)2-5(6)10(15)16;/h2*1-2H,8H2,(H,11,12);/q;;+2/p-2. The van der Waals surface area contributed by atoms with E-state index in [0.29, 0.717) is 24.3 Å². The van der Waals surface area contributed by atoms with Crippen molar-refractivity contribution in [3.8, 4) is 0 Å². The van der Waals surface area contributed by atoms with Gasteiger partial charge in [-0.3, -0.25) is 40.5 Å². The molecule has 0 aromatic heterocycles. The molecule has 0 aliphatic rings. The number of benzene rings is 2. The molecule has 2 rings (SSSR count). The van der Waals surface area contributed by atoms with Gasteiger partial charge in [-0.15, -0.1) is 0 Å². The molecule has 33 heavy (non-hydrogen) atoms. The molecule has 0 bridgehead atoms. The normalized spacial score (nSPS) is 9.45. The van der Waals surface area contributed by atoms with Crippen molar-refractivity contribution in [3.05, 3.63) is 75.8 Å². The number of rotatable bonds is 6. The van der Waals surface area contributed by atoms with Crippen molar-refractivity contribution in [2.45, 2.75) is 0 Å². The molecule has 0 heterocycles. The number of nitrogens with two attached hydrogens (primary N) is 2. The van der Waals surface area contributed by atoms with Crippen LogP contribution < -0.4 is 21.7 Å². The van der Waals surface area contributed by atoms with Gasteiger partial charge in [0, 0.05) is 23.3 Å². The maximum Gasteiger partial charge on any atom is 2.00 e. The number of carbonyl (C=O) groups excluding carboxylic acids is 2. The van der Waals surface area contributed by atoms with E-state index in [2.05, 4.69) is 0 Å². The van der Waals surface area contributed by atoms with Crippen molar-refractivity contribution in [2.75, 3.05) is 11.5 Å². The summed E-state index contributed by atoms with van der Waals surface area (Å²) in [5, 5.41) is 62.8. The first kappa shape index (κ1) is 28.1. The molecule has 0 spiro atoms. The molecular weight excluding hydrogens is 508 g/mol. The van der Waals surface area contributed by atoms with E-state index in [9.17, 15) is 60.3 Å². The first-order chi connectivity index (χ1) is 14.7. The Labute approximate surface area is 190 Å². The van der Waals surface area contributed by atoms with Gasteiger partial charge < -0.3 is 31.3 Å². The summed E-state index contributed by atoms with van der Waals surface area (Å²) in [4.78, 5) is 58.8. The SMILES string of the molecule is Nc1c(C(=O)[O-])cc([N+](=O)[O-])cc1[N+](=O)[O-].Nc1c(C(=O)[O-])cc([N+](=O)[O-])cc1[N+](=O)[O-].[Cu+2]. The number of carboxylic acids is 2. The Morgan fingerprint density at radius 3 is 1.06 bits per heavy atom. The van der Waals surface area contributed by atoms with Crippen LogP contribution in [0.1, 0.15) is 20.7 Å². The van der Waals surface area contributed by atoms with Crippen LogP contribution in [0.5, 0.6) is 0 Å². The minimum Gasteiger partial charge on any atom is -0.545 e. The second-order valence-electron chi connectivity index (χ2n) is 5.46. The van der Waals surface area contributed by atoms with Crippen LogP contribution in [0.4, 0.5) is 34.1 Å². The van der Waals surface area contributed by atoms with Crippen LogP contribution in [0.3, 0.4) is 0 Å². The minimum atomic E-state index is -1.82. The Hall–Kier alpha value is -4.90. The zero-order valence-corrected chi connectivity index (χ0v) is 16.4. The number of nitro groups is 4. The van der Waals surface area contributed by atoms with Crippen molar-refractivity contribution >= 4 is 46.1 Å². The van der Waals surface area contributed by atoms with E-state index in [0.717, 1.165) is 0 Å². The first-order valence-corrected chi connectivity index (χ1v) is 7.56. The van der Waals surface area contributed by atoms with E-state index in [1.807, 2.05) is 0 Å². The van der Waals surface area contributed by atoms with Crippen LogP contribution in [0.2, 0.25) is 0 Å². The van der Waals surface area contributed by atoms with E-state index in [1.165, 1.54) is 0 Å². The van der Waals surface area contributed by atoms with Crippen LogP contribution in [0, 0.1) is 40.5 Å². The third-order valence-corrected chi connectivity index (χ3v) is 3.54. The number of carboxylic acid groups (broad SMARTS) is 2. The molecule has 19 heteroatoms. The summed E-state index contributed by atoms with van der Waals surface area (Å²) in [5.41, 5.74) is 4.29. The van der Waals surface area contributed by atoms with Gasteiger partial charge in [0.05, 0.1) is 43.8 Å². The Balaban J connectivity index is 0.000000602. The number of carbonyl (C=O) groups is 2. The number of nitrogen functional groups attached to an aromatic ring is 2. The Bertz CT molecular complexity index is 1020. The van der Waals surface area contributed by atoms with Gasteiger partial charge in [-0.05, 0) is 0 Å². The van der Waals surface area contributed by atoms with Crippen LogP contribution in [0.15, 0.2) is 24.3 Å². The van der Waals surface area contributed by atoms with Gasteiger partial charge in [0.2, 0.25) is 0 Å². The Morgan fingerprint density at radius 1 is 0.606 bits per heavy atom. The molecule has 4 N–H and O–H groups in total. The number of anilines is 2. The molecular formula is C14H8CuN6O12. The molecule has 0 amide bonds. The average Bonchev–Trinajstić information content (AvgIpc) is 2.67. The van der Waals surface area contributed by atoms with Gasteiger partial charge in [-0.1, -0.05) is 0 Å². The maximum absolute atomic E-state index is 10.5. The molecule has 2 aromatic carbocycles. The van der Waals surface area contributed by atoms with Crippen molar-refractivity contribution in [1.29, 1.82) is 0 Å². The molecule has 0 saturated heterocycles. The zero-order valence-electron chi connectivity index (χ0n) is 15.5. The second-order valence-corrected chi connectivity index (χ2v) is 5.46. The monoisotopic (exact) mass is 515 g/mol. The van der Waals surface area contributed by atoms with Crippen molar-refractivity contribution < 1.29 is 56.6 Å². The Morgan fingerprint density at radius 2 is 0.879 bits per heavy atom. The van der Waals surface area contributed by atoms with Gasteiger partial charge in [0.15, 0.2) is 0 Å². The van der Waals surface area contributed by atoms with Crippen molar-refractivity contribution in [3.63, 3.8) is 0 Å². The van der Waals surface area contributed by atoms with Crippen LogP contribution in [-0.4, -0.2) is 31.6 Å². The predicted molar refractivity (Wildman–Crippen MR) is 97.0 cm³/mol. The largest absolute Gasteiger partial charge is 2.00 e. The molecule has 0 aliphatic heterocycles. The topological polar surface area (TPSA) is 305 Å². The molecule has 0 unspecified atom stereocenters. The van der Waals surface area contributed by atoms with Crippen molar-refractivity contribution in [1.82, 2.24) is 0 Å². The third kappa shape index (κ3) is 6.54. The summed E-state index contributed by atoms with van der Waals surface area (Å²) in [5.74, 6) is -3.63. The third-order valence-electron chi connectivity index (χ3n) is 3.54. The van der Waals surface area contributed by atoms with E-state index < -0.39 is 76.9 Å². The maximum atomic E-state index is 10.5. The predicted octanol–water partition coefficient (Wildman–Crippen LogP) is -1.11. The number of nitro benzene ring substituents is 4. The number of aromatic carboxylic acids is 2. The van der Waals surface area contributed by atoms with Gasteiger partial charge in [0.1, 0.15) is 11.4 Å². The number of hydrogen-bond acceptors (Lipinski definition) is 14. The second kappa shape index (κ2) is 10.9. The summed E-state index contributed by atoms with van der Waals surface area (Å²) in [6.07, 6.45) is 0. The fourth-order valence-corrected chi connectivity index (χ4v) is 2.10. The smallest absolute Gasteiger partial charge is 0.545 e. The van der Waals surface area contributed by atoms with Gasteiger partial charge >= 0.3 is 17.1 Å². The van der Waals surface area contributed by atoms with Crippen LogP contribution in [-0.2, 0) is 17.1 Å². The fourth-order valence-electron chi connectivity index (χ4n) is 2.10. The number of nitrogens with zero attached hydrogens (tertiary/aromatic N) is 4. The van der Waals surface area contributed by atoms with E-state index in [1.54, 1.807) is 0 Å². The summed E-state index contributed by atoms with van der Waals surface area (Å²) >= 11 is 0. The van der Waals surface area contributed by atoms with E-state index in [-0.39, 0.29) is 17.1 Å². The number of hydrogen-bond donors (Lipinski definition) is 2. The van der Waals surface area contributed by atoms with Gasteiger partial charge in [-0.2, -0.15) is 0 Å². The molecule has 177 valence electrons. The first-order valence-electron chi connectivity index (χ1n) is 7.56. The van der Waals surface area contributed by atoms with Crippen LogP contribution >= 0.6 is 0 Å². The molecule has 0 atom stereocenters. The molecule has 0 fully saturated rings. The minimum absolute atomic E-state index is 0. The fraction of sp³-hybridized carbons (Fsp3) is 0. The zero-order chi connectivity index (χ0) is 24.9. The summed E-state index contributed by atoms with van der Waals surface area (Å²) in [6.45, 7) is 0. The quantitative estimate of drug-likeness (QED) is 0.199. The average molecular weight is 516 g/mol. The molecule has 0 saturated carbocycles. The molecule has 1 radical (unpaired) electrons. The molecule has 18 nitrogen and oxygen atoms in total. The summed E-state index contributed by atoms with van der Waals surface area (Å²) in [7, 11) is 0. The number of non-ortho nitro benzene ring substituents is 2. The summed E-state index contributed by atoms with van der Waals surface area (Å²) < 4.78 is 0. The molecule has 0 aliphatic carbocycles. The van der Waals surface area contributed by atoms with Crippen LogP contribution in [0.25, 0.3) is 0 Å². The van der Waals surface area contributed by atoms with Gasteiger partial charge in [-0.25, -0.2) is 0 Å². The van der Waals surface area contributed by atoms with E-state index in [4.69, 9.17) is 11.5 Å². The van der Waals surface area contributed by atoms with Gasteiger partial charge in [0.25, 0.3) is 22.7 Å².